The molecule has 0 heterocycles. The molecule has 0 saturated heterocycles. The summed E-state index contributed by atoms with van der Waals surface area (Å²) in [7, 11) is 0. The van der Waals surface area contributed by atoms with Crippen LogP contribution in [0.1, 0.15) is 37.3 Å². The third kappa shape index (κ3) is 1.73. The lowest BCUT2D eigenvalue weighted by Crippen LogP contribution is -2.25. The topological polar surface area (TPSA) is 20.2 Å². The molecule has 0 amide bonds. The largest absolute Gasteiger partial charge is 0.385 e. The minimum Gasteiger partial charge on any atom is -0.385 e. The smallest absolute Gasteiger partial charge is 0.135 e. The van der Waals surface area contributed by atoms with Crippen LogP contribution < -0.4 is 0 Å². The van der Waals surface area contributed by atoms with Crippen molar-refractivity contribution in [2.75, 3.05) is 0 Å². The van der Waals surface area contributed by atoms with Gasteiger partial charge in [0.2, 0.25) is 0 Å². The standard InChI is InChI=1S/C13H16F2O/c1-8-5-6-13(16,7-8)11-10(14)4-3-9(2)12(11)15/h3-4,8,16H,5-7H2,1-2H3. The molecule has 2 unspecified atom stereocenters. The maximum atomic E-state index is 13.9. The Morgan fingerprint density at radius 3 is 2.62 bits per heavy atom. The predicted octanol–water partition coefficient (Wildman–Crippen LogP) is 3.28. The summed E-state index contributed by atoms with van der Waals surface area (Å²) >= 11 is 0. The van der Waals surface area contributed by atoms with Gasteiger partial charge in [0.25, 0.3) is 0 Å². The molecule has 1 saturated carbocycles. The molecule has 1 aliphatic carbocycles. The van der Waals surface area contributed by atoms with Crippen LogP contribution in [0.25, 0.3) is 0 Å². The lowest BCUT2D eigenvalue weighted by Gasteiger charge is -2.24. The molecular formula is C13H16F2O. The van der Waals surface area contributed by atoms with E-state index in [1.54, 1.807) is 6.92 Å². The van der Waals surface area contributed by atoms with Gasteiger partial charge in [-0.1, -0.05) is 13.0 Å². The molecule has 0 spiro atoms. The van der Waals surface area contributed by atoms with Crippen LogP contribution in [0.4, 0.5) is 8.78 Å². The van der Waals surface area contributed by atoms with Gasteiger partial charge in [0, 0.05) is 0 Å². The van der Waals surface area contributed by atoms with E-state index in [1.807, 2.05) is 6.92 Å². The summed E-state index contributed by atoms with van der Waals surface area (Å²) in [5.74, 6) is -0.930. The Balaban J connectivity index is 2.51. The minimum absolute atomic E-state index is 0.142. The zero-order valence-corrected chi connectivity index (χ0v) is 9.56. The fourth-order valence-corrected chi connectivity index (χ4v) is 2.58. The summed E-state index contributed by atoms with van der Waals surface area (Å²) in [6.45, 7) is 3.57. The molecule has 1 N–H and O–H groups in total. The normalized spacial score (nSPS) is 29.7. The van der Waals surface area contributed by atoms with Crippen LogP contribution in [0.5, 0.6) is 0 Å². The van der Waals surface area contributed by atoms with Gasteiger partial charge in [-0.05, 0) is 43.7 Å². The number of aryl methyl sites for hydroxylation is 1. The summed E-state index contributed by atoms with van der Waals surface area (Å²) in [5.41, 5.74) is -1.08. The number of benzene rings is 1. The van der Waals surface area contributed by atoms with E-state index >= 15 is 0 Å². The van der Waals surface area contributed by atoms with Crippen molar-refractivity contribution < 1.29 is 13.9 Å². The molecule has 1 aromatic carbocycles. The Labute approximate surface area is 94.1 Å². The molecule has 0 aromatic heterocycles. The van der Waals surface area contributed by atoms with Crippen LogP contribution in [-0.4, -0.2) is 5.11 Å². The van der Waals surface area contributed by atoms with Crippen LogP contribution in [0.2, 0.25) is 0 Å². The molecule has 1 aliphatic rings. The second-order valence-corrected chi connectivity index (χ2v) is 4.93. The second-order valence-electron chi connectivity index (χ2n) is 4.93. The van der Waals surface area contributed by atoms with E-state index in [2.05, 4.69) is 0 Å². The fraction of sp³-hybridized carbons (Fsp3) is 0.538. The number of halogens is 2. The first-order valence-electron chi connectivity index (χ1n) is 5.61. The monoisotopic (exact) mass is 226 g/mol. The third-order valence-electron chi connectivity index (χ3n) is 3.49. The van der Waals surface area contributed by atoms with Gasteiger partial charge in [-0.25, -0.2) is 8.78 Å². The molecule has 3 heteroatoms. The number of aliphatic hydroxyl groups is 1. The first-order chi connectivity index (χ1) is 7.44. The first-order valence-corrected chi connectivity index (χ1v) is 5.61. The van der Waals surface area contributed by atoms with Crippen LogP contribution >= 0.6 is 0 Å². The van der Waals surface area contributed by atoms with Crippen molar-refractivity contribution in [3.8, 4) is 0 Å². The van der Waals surface area contributed by atoms with Gasteiger partial charge in [-0.15, -0.1) is 0 Å². The highest BCUT2D eigenvalue weighted by Gasteiger charge is 2.41. The zero-order valence-electron chi connectivity index (χ0n) is 9.56. The Kier molecular flexibility index (Phi) is 2.74. The molecule has 1 nitrogen and oxygen atoms in total. The molecule has 0 aliphatic heterocycles. The van der Waals surface area contributed by atoms with Crippen LogP contribution in [0.3, 0.4) is 0 Å². The highest BCUT2D eigenvalue weighted by molar-refractivity contribution is 5.32. The molecule has 88 valence electrons. The second kappa shape index (κ2) is 3.81. The lowest BCUT2D eigenvalue weighted by atomic mass is 9.89. The molecule has 16 heavy (non-hydrogen) atoms. The average Bonchev–Trinajstić information content (AvgIpc) is 2.54. The molecule has 1 aromatic rings. The van der Waals surface area contributed by atoms with E-state index in [9.17, 15) is 13.9 Å². The maximum Gasteiger partial charge on any atom is 0.135 e. The van der Waals surface area contributed by atoms with E-state index in [4.69, 9.17) is 0 Å². The van der Waals surface area contributed by atoms with Crippen LogP contribution in [0.15, 0.2) is 12.1 Å². The number of rotatable bonds is 1. The van der Waals surface area contributed by atoms with E-state index in [0.717, 1.165) is 6.42 Å². The number of hydrogen-bond donors (Lipinski definition) is 1. The molecular weight excluding hydrogens is 210 g/mol. The van der Waals surface area contributed by atoms with Crippen molar-refractivity contribution in [2.24, 2.45) is 5.92 Å². The van der Waals surface area contributed by atoms with Crippen molar-refractivity contribution in [2.45, 2.75) is 38.7 Å². The quantitative estimate of drug-likeness (QED) is 0.779. The summed E-state index contributed by atoms with van der Waals surface area (Å²) in [5, 5.41) is 10.3. The van der Waals surface area contributed by atoms with Gasteiger partial charge in [0.1, 0.15) is 11.6 Å². The summed E-state index contributed by atoms with van der Waals surface area (Å²) in [6.07, 6.45) is 1.68. The highest BCUT2D eigenvalue weighted by atomic mass is 19.1. The SMILES string of the molecule is Cc1ccc(F)c(C2(O)CCC(C)C2)c1F. The summed E-state index contributed by atoms with van der Waals surface area (Å²) in [6, 6.07) is 2.63. The Hall–Kier alpha value is -0.960. The van der Waals surface area contributed by atoms with Crippen LogP contribution in [0, 0.1) is 24.5 Å². The van der Waals surface area contributed by atoms with Gasteiger partial charge in [-0.3, -0.25) is 0 Å². The van der Waals surface area contributed by atoms with Gasteiger partial charge in [0.05, 0.1) is 11.2 Å². The van der Waals surface area contributed by atoms with Crippen molar-refractivity contribution in [3.05, 3.63) is 34.9 Å². The van der Waals surface area contributed by atoms with Crippen molar-refractivity contribution in [1.82, 2.24) is 0 Å². The molecule has 2 atom stereocenters. The first kappa shape index (κ1) is 11.5. The highest BCUT2D eigenvalue weighted by Crippen LogP contribution is 2.44. The fourth-order valence-electron chi connectivity index (χ4n) is 2.58. The Bertz CT molecular complexity index is 417. The molecule has 0 bridgehead atoms. The van der Waals surface area contributed by atoms with Crippen molar-refractivity contribution in [1.29, 1.82) is 0 Å². The lowest BCUT2D eigenvalue weighted by molar-refractivity contribution is 0.0331. The predicted molar refractivity (Wildman–Crippen MR) is 58.0 cm³/mol. The summed E-state index contributed by atoms with van der Waals surface area (Å²) < 4.78 is 27.5. The summed E-state index contributed by atoms with van der Waals surface area (Å²) in [4.78, 5) is 0. The van der Waals surface area contributed by atoms with Crippen LogP contribution in [-0.2, 0) is 5.60 Å². The van der Waals surface area contributed by atoms with Crippen molar-refractivity contribution >= 4 is 0 Å². The van der Waals surface area contributed by atoms with Gasteiger partial charge in [0.15, 0.2) is 0 Å². The molecule has 0 radical (unpaired) electrons. The zero-order chi connectivity index (χ0) is 11.9. The van der Waals surface area contributed by atoms with Gasteiger partial charge >= 0.3 is 0 Å². The molecule has 1 fully saturated rings. The van der Waals surface area contributed by atoms with Crippen molar-refractivity contribution in [3.63, 3.8) is 0 Å². The average molecular weight is 226 g/mol. The van der Waals surface area contributed by atoms with E-state index in [0.29, 0.717) is 24.3 Å². The van der Waals surface area contributed by atoms with Gasteiger partial charge < -0.3 is 5.11 Å². The Morgan fingerprint density at radius 2 is 2.06 bits per heavy atom. The number of hydrogen-bond acceptors (Lipinski definition) is 1. The third-order valence-corrected chi connectivity index (χ3v) is 3.49. The van der Waals surface area contributed by atoms with E-state index < -0.39 is 17.2 Å². The van der Waals surface area contributed by atoms with E-state index in [1.165, 1.54) is 12.1 Å². The van der Waals surface area contributed by atoms with E-state index in [-0.39, 0.29) is 5.56 Å². The maximum absolute atomic E-state index is 13.9. The minimum atomic E-state index is -1.32. The van der Waals surface area contributed by atoms with Gasteiger partial charge in [-0.2, -0.15) is 0 Å². The molecule has 2 rings (SSSR count). The Morgan fingerprint density at radius 1 is 1.38 bits per heavy atom.